The highest BCUT2D eigenvalue weighted by Gasteiger charge is 2.22. The maximum absolute atomic E-state index is 13.2. The van der Waals surface area contributed by atoms with Gasteiger partial charge in [0.1, 0.15) is 0 Å². The zero-order chi connectivity index (χ0) is 22.0. The van der Waals surface area contributed by atoms with E-state index in [9.17, 15) is 19.7 Å². The largest absolute Gasteiger partial charge is 0.332 e. The molecule has 0 spiro atoms. The molecule has 0 N–H and O–H groups in total. The van der Waals surface area contributed by atoms with Gasteiger partial charge in [-0.15, -0.1) is 0 Å². The van der Waals surface area contributed by atoms with Gasteiger partial charge in [0.25, 0.3) is 5.69 Å². The molecule has 31 heavy (non-hydrogen) atoms. The summed E-state index contributed by atoms with van der Waals surface area (Å²) in [6.07, 6.45) is 1.14. The number of nitrogens with zero attached hydrogens (tertiary/aromatic N) is 2. The van der Waals surface area contributed by atoms with Crippen molar-refractivity contribution < 1.29 is 19.3 Å². The van der Waals surface area contributed by atoms with Crippen LogP contribution in [0.4, 0.5) is 5.69 Å². The summed E-state index contributed by atoms with van der Waals surface area (Å²) >= 11 is 0. The molecular formula is C24H18N2O5. The molecule has 0 bridgehead atoms. The summed E-state index contributed by atoms with van der Waals surface area (Å²) < 4.78 is 0. The van der Waals surface area contributed by atoms with Gasteiger partial charge < -0.3 is 4.84 Å². The molecule has 0 atom stereocenters. The number of oxime groups is 1. The summed E-state index contributed by atoms with van der Waals surface area (Å²) in [6, 6.07) is 19.1. The highest BCUT2D eigenvalue weighted by atomic mass is 16.7. The Morgan fingerprint density at radius 1 is 0.871 bits per heavy atom. The van der Waals surface area contributed by atoms with Crippen LogP contribution in [0.25, 0.3) is 0 Å². The SMILES string of the molecule is CC(=O)ON=C(C(=O)c1ccc2c(c1)Cc1cc([N+](=O)[O-])ccc1C2)c1ccccc1. The lowest BCUT2D eigenvalue weighted by atomic mass is 9.84. The Bertz CT molecular complexity index is 1230. The number of nitro groups is 1. The summed E-state index contributed by atoms with van der Waals surface area (Å²) in [4.78, 5) is 39.9. The molecule has 0 saturated heterocycles. The molecule has 4 rings (SSSR count). The first-order chi connectivity index (χ1) is 14.9. The van der Waals surface area contributed by atoms with E-state index in [2.05, 4.69) is 5.16 Å². The number of benzene rings is 3. The van der Waals surface area contributed by atoms with E-state index in [0.717, 1.165) is 22.3 Å². The lowest BCUT2D eigenvalue weighted by molar-refractivity contribution is -0.384. The molecule has 3 aromatic rings. The van der Waals surface area contributed by atoms with Gasteiger partial charge in [-0.1, -0.05) is 53.7 Å². The predicted octanol–water partition coefficient (Wildman–Crippen LogP) is 4.24. The van der Waals surface area contributed by atoms with E-state index in [-0.39, 0.29) is 17.2 Å². The molecule has 0 radical (unpaired) electrons. The van der Waals surface area contributed by atoms with E-state index in [4.69, 9.17) is 4.84 Å². The van der Waals surface area contributed by atoms with Gasteiger partial charge in [0.15, 0.2) is 5.71 Å². The van der Waals surface area contributed by atoms with Crippen molar-refractivity contribution in [1.82, 2.24) is 0 Å². The molecule has 0 fully saturated rings. The molecule has 0 amide bonds. The van der Waals surface area contributed by atoms with E-state index < -0.39 is 10.9 Å². The van der Waals surface area contributed by atoms with Crippen molar-refractivity contribution in [2.24, 2.45) is 5.16 Å². The van der Waals surface area contributed by atoms with Gasteiger partial charge in [-0.25, -0.2) is 4.79 Å². The molecule has 7 heteroatoms. The third-order valence-electron chi connectivity index (χ3n) is 5.16. The van der Waals surface area contributed by atoms with E-state index in [1.807, 2.05) is 12.1 Å². The van der Waals surface area contributed by atoms with Crippen molar-refractivity contribution >= 4 is 23.2 Å². The number of carbonyl (C=O) groups is 2. The van der Waals surface area contributed by atoms with Gasteiger partial charge in [-0.2, -0.15) is 0 Å². The Morgan fingerprint density at radius 3 is 2.19 bits per heavy atom. The minimum atomic E-state index is -0.620. The highest BCUT2D eigenvalue weighted by Crippen LogP contribution is 2.30. The van der Waals surface area contributed by atoms with Crippen LogP contribution in [0.15, 0.2) is 71.9 Å². The van der Waals surface area contributed by atoms with Crippen LogP contribution in [0.1, 0.15) is 45.1 Å². The molecule has 0 aromatic heterocycles. The van der Waals surface area contributed by atoms with Crippen LogP contribution in [0.5, 0.6) is 0 Å². The molecule has 3 aromatic carbocycles. The molecule has 0 unspecified atom stereocenters. The van der Waals surface area contributed by atoms with E-state index >= 15 is 0 Å². The standard InChI is InChI=1S/C24H18N2O5/c1-15(27)31-25-23(16-5-3-2-4-6-16)24(28)19-8-7-17-11-18-9-10-22(26(29)30)14-21(18)13-20(17)12-19/h2-10,12,14H,11,13H2,1H3. The van der Waals surface area contributed by atoms with Crippen LogP contribution in [0.2, 0.25) is 0 Å². The first-order valence-corrected chi connectivity index (χ1v) is 9.66. The Kier molecular flexibility index (Phi) is 5.41. The number of non-ortho nitro benzene ring substituents is 1. The minimum absolute atomic E-state index is 0.0302. The maximum Gasteiger partial charge on any atom is 0.332 e. The highest BCUT2D eigenvalue weighted by molar-refractivity contribution is 6.51. The summed E-state index contributed by atoms with van der Waals surface area (Å²) in [7, 11) is 0. The molecule has 0 heterocycles. The molecule has 7 nitrogen and oxygen atoms in total. The number of carbonyl (C=O) groups excluding carboxylic acids is 2. The zero-order valence-corrected chi connectivity index (χ0v) is 16.7. The summed E-state index contributed by atoms with van der Waals surface area (Å²) in [5, 5.41) is 14.9. The van der Waals surface area contributed by atoms with Gasteiger partial charge in [-0.3, -0.25) is 14.9 Å². The number of ketones is 1. The Hall–Kier alpha value is -4.13. The Balaban J connectivity index is 1.68. The van der Waals surface area contributed by atoms with Crippen molar-refractivity contribution in [1.29, 1.82) is 0 Å². The molecular weight excluding hydrogens is 396 g/mol. The third-order valence-corrected chi connectivity index (χ3v) is 5.16. The smallest absolute Gasteiger partial charge is 0.318 e. The van der Waals surface area contributed by atoms with Gasteiger partial charge >= 0.3 is 5.97 Å². The van der Waals surface area contributed by atoms with E-state index in [1.165, 1.54) is 13.0 Å². The second kappa shape index (κ2) is 8.31. The van der Waals surface area contributed by atoms with Crippen LogP contribution >= 0.6 is 0 Å². The molecule has 0 aliphatic heterocycles. The second-order valence-electron chi connectivity index (χ2n) is 7.27. The first kappa shape index (κ1) is 20.2. The van der Waals surface area contributed by atoms with Crippen LogP contribution in [-0.2, 0) is 22.5 Å². The minimum Gasteiger partial charge on any atom is -0.318 e. The summed E-state index contributed by atoms with van der Waals surface area (Å²) in [5.74, 6) is -0.995. The van der Waals surface area contributed by atoms with Crippen LogP contribution in [-0.4, -0.2) is 22.4 Å². The number of hydrogen-bond donors (Lipinski definition) is 0. The fourth-order valence-electron chi connectivity index (χ4n) is 3.65. The van der Waals surface area contributed by atoms with Crippen molar-refractivity contribution in [3.8, 4) is 0 Å². The number of Topliss-reactive ketones (excluding diaryl/α,β-unsaturated/α-hetero) is 1. The number of fused-ring (bicyclic) bond motifs is 2. The average molecular weight is 414 g/mol. The topological polar surface area (TPSA) is 98.9 Å². The van der Waals surface area contributed by atoms with Crippen molar-refractivity contribution in [3.05, 3.63) is 110 Å². The van der Waals surface area contributed by atoms with Gasteiger partial charge in [0.2, 0.25) is 5.78 Å². The van der Waals surface area contributed by atoms with E-state index in [0.29, 0.717) is 24.0 Å². The van der Waals surface area contributed by atoms with Gasteiger partial charge in [-0.05, 0) is 41.2 Å². The molecule has 0 saturated carbocycles. The van der Waals surface area contributed by atoms with Gasteiger partial charge in [0.05, 0.1) is 4.92 Å². The average Bonchev–Trinajstić information content (AvgIpc) is 2.77. The third kappa shape index (κ3) is 4.25. The molecule has 154 valence electrons. The number of nitro benzene ring substituents is 1. The quantitative estimate of drug-likeness (QED) is 0.160. The molecule has 1 aliphatic carbocycles. The summed E-state index contributed by atoms with van der Waals surface area (Å²) in [5.41, 5.74) is 4.93. The zero-order valence-electron chi connectivity index (χ0n) is 16.7. The number of rotatable bonds is 5. The van der Waals surface area contributed by atoms with Crippen LogP contribution < -0.4 is 0 Å². The predicted molar refractivity (Wildman–Crippen MR) is 114 cm³/mol. The normalized spacial score (nSPS) is 12.5. The van der Waals surface area contributed by atoms with Crippen molar-refractivity contribution in [2.45, 2.75) is 19.8 Å². The molecule has 1 aliphatic rings. The first-order valence-electron chi connectivity index (χ1n) is 9.66. The monoisotopic (exact) mass is 414 g/mol. The van der Waals surface area contributed by atoms with Crippen molar-refractivity contribution in [3.63, 3.8) is 0 Å². The number of hydrogen-bond acceptors (Lipinski definition) is 6. The van der Waals surface area contributed by atoms with Crippen LogP contribution in [0, 0.1) is 10.1 Å². The Morgan fingerprint density at radius 2 is 1.52 bits per heavy atom. The Labute approximate surface area is 178 Å². The van der Waals surface area contributed by atoms with Crippen molar-refractivity contribution in [2.75, 3.05) is 0 Å². The van der Waals surface area contributed by atoms with Crippen LogP contribution in [0.3, 0.4) is 0 Å². The second-order valence-corrected chi connectivity index (χ2v) is 7.27. The van der Waals surface area contributed by atoms with Gasteiger partial charge in [0, 0.05) is 30.2 Å². The lowest BCUT2D eigenvalue weighted by Crippen LogP contribution is -2.18. The van der Waals surface area contributed by atoms with E-state index in [1.54, 1.807) is 48.5 Å². The fraction of sp³-hybridized carbons (Fsp3) is 0.125. The lowest BCUT2D eigenvalue weighted by Gasteiger charge is -2.20. The maximum atomic E-state index is 13.2. The fourth-order valence-corrected chi connectivity index (χ4v) is 3.65. The summed E-state index contributed by atoms with van der Waals surface area (Å²) in [6.45, 7) is 1.21.